The van der Waals surface area contributed by atoms with E-state index >= 15 is 0 Å². The Balaban J connectivity index is 2.86. The van der Waals surface area contributed by atoms with Gasteiger partial charge in [0.1, 0.15) is 4.47 Å². The largest absolute Gasteiger partial charge is 0.380 e. The molecule has 0 saturated heterocycles. The lowest BCUT2D eigenvalue weighted by Gasteiger charge is -2.18. The predicted octanol–water partition coefficient (Wildman–Crippen LogP) is 2.87. The zero-order chi connectivity index (χ0) is 13.0. The summed E-state index contributed by atoms with van der Waals surface area (Å²) in [4.78, 5) is 11.8. The van der Waals surface area contributed by atoms with Crippen LogP contribution in [-0.4, -0.2) is 15.8 Å². The van der Waals surface area contributed by atoms with Crippen LogP contribution >= 0.6 is 15.9 Å². The monoisotopic (exact) mass is 301 g/mol. The highest BCUT2D eigenvalue weighted by molar-refractivity contribution is 9.10. The van der Waals surface area contributed by atoms with Gasteiger partial charge in [-0.05, 0) is 42.1 Å². The third-order valence-electron chi connectivity index (χ3n) is 2.51. The number of nitrogens with one attached hydrogen (secondary N) is 1. The standard InChI is InChI=1S/C12H20BrN3O/c1-5-16-12(17)11(13)10(7-14-16)15-9(4)6-8(2)3/h7-9,15H,5-6H2,1-4H3. The molecule has 17 heavy (non-hydrogen) atoms. The van der Waals surface area contributed by atoms with Crippen molar-refractivity contribution >= 4 is 21.6 Å². The molecule has 1 heterocycles. The van der Waals surface area contributed by atoms with Crippen molar-refractivity contribution in [1.82, 2.24) is 9.78 Å². The number of anilines is 1. The zero-order valence-corrected chi connectivity index (χ0v) is 12.4. The third-order valence-corrected chi connectivity index (χ3v) is 3.28. The van der Waals surface area contributed by atoms with Crippen molar-refractivity contribution < 1.29 is 0 Å². The molecular formula is C12H20BrN3O. The highest BCUT2D eigenvalue weighted by Crippen LogP contribution is 2.18. The van der Waals surface area contributed by atoms with Crippen LogP contribution < -0.4 is 10.9 Å². The Morgan fingerprint density at radius 3 is 2.65 bits per heavy atom. The molecule has 1 aromatic rings. The average Bonchev–Trinajstić information content (AvgIpc) is 2.24. The average molecular weight is 302 g/mol. The topological polar surface area (TPSA) is 46.9 Å². The van der Waals surface area contributed by atoms with Gasteiger partial charge in [-0.1, -0.05) is 13.8 Å². The van der Waals surface area contributed by atoms with Crippen molar-refractivity contribution in [3.8, 4) is 0 Å². The van der Waals surface area contributed by atoms with Crippen LogP contribution in [0.4, 0.5) is 5.69 Å². The van der Waals surface area contributed by atoms with Crippen LogP contribution in [0.2, 0.25) is 0 Å². The molecule has 0 radical (unpaired) electrons. The zero-order valence-electron chi connectivity index (χ0n) is 10.8. The molecule has 0 aliphatic rings. The quantitative estimate of drug-likeness (QED) is 0.910. The van der Waals surface area contributed by atoms with Gasteiger partial charge in [0.05, 0.1) is 11.9 Å². The van der Waals surface area contributed by atoms with Crippen molar-refractivity contribution in [2.24, 2.45) is 5.92 Å². The van der Waals surface area contributed by atoms with E-state index in [1.807, 2.05) is 6.92 Å². The molecule has 1 atom stereocenters. The van der Waals surface area contributed by atoms with E-state index in [1.165, 1.54) is 4.68 Å². The minimum absolute atomic E-state index is 0.0887. The van der Waals surface area contributed by atoms with Crippen LogP contribution in [0.5, 0.6) is 0 Å². The number of hydrogen-bond donors (Lipinski definition) is 1. The fraction of sp³-hybridized carbons (Fsp3) is 0.667. The summed E-state index contributed by atoms with van der Waals surface area (Å²) < 4.78 is 1.99. The summed E-state index contributed by atoms with van der Waals surface area (Å²) in [5, 5.41) is 7.41. The first kappa shape index (κ1) is 14.2. The lowest BCUT2D eigenvalue weighted by molar-refractivity contribution is 0.538. The maximum absolute atomic E-state index is 11.8. The number of rotatable bonds is 5. The van der Waals surface area contributed by atoms with Gasteiger partial charge in [0.15, 0.2) is 0 Å². The molecule has 5 heteroatoms. The summed E-state index contributed by atoms with van der Waals surface area (Å²) in [5.41, 5.74) is 0.682. The maximum atomic E-state index is 11.8. The van der Waals surface area contributed by atoms with E-state index in [4.69, 9.17) is 0 Å². The molecule has 1 aromatic heterocycles. The number of halogens is 1. The van der Waals surface area contributed by atoms with Gasteiger partial charge >= 0.3 is 0 Å². The van der Waals surface area contributed by atoms with Gasteiger partial charge in [0.2, 0.25) is 0 Å². The first-order valence-electron chi connectivity index (χ1n) is 5.97. The van der Waals surface area contributed by atoms with Crippen molar-refractivity contribution in [1.29, 1.82) is 0 Å². The van der Waals surface area contributed by atoms with Crippen molar-refractivity contribution in [3.63, 3.8) is 0 Å². The van der Waals surface area contributed by atoms with E-state index in [-0.39, 0.29) is 5.56 Å². The molecular weight excluding hydrogens is 282 g/mol. The SMILES string of the molecule is CCn1ncc(NC(C)CC(C)C)c(Br)c1=O. The Morgan fingerprint density at radius 1 is 1.47 bits per heavy atom. The lowest BCUT2D eigenvalue weighted by atomic mass is 10.1. The third kappa shape index (κ3) is 3.84. The van der Waals surface area contributed by atoms with Crippen molar-refractivity contribution in [2.75, 3.05) is 5.32 Å². The van der Waals surface area contributed by atoms with Gasteiger partial charge in [0.25, 0.3) is 5.56 Å². The highest BCUT2D eigenvalue weighted by atomic mass is 79.9. The molecule has 1 rings (SSSR count). The summed E-state index contributed by atoms with van der Waals surface area (Å²) >= 11 is 3.33. The maximum Gasteiger partial charge on any atom is 0.283 e. The normalized spacial score (nSPS) is 12.8. The second-order valence-corrected chi connectivity index (χ2v) is 5.46. The summed E-state index contributed by atoms with van der Waals surface area (Å²) in [6.07, 6.45) is 2.76. The second-order valence-electron chi connectivity index (χ2n) is 4.67. The lowest BCUT2D eigenvalue weighted by Crippen LogP contribution is -2.26. The Bertz CT molecular complexity index is 428. The highest BCUT2D eigenvalue weighted by Gasteiger charge is 2.11. The molecule has 0 aromatic carbocycles. The van der Waals surface area contributed by atoms with Crippen LogP contribution in [0.25, 0.3) is 0 Å². The molecule has 0 spiro atoms. The van der Waals surface area contributed by atoms with E-state index in [0.717, 1.165) is 12.1 Å². The molecule has 1 N–H and O–H groups in total. The fourth-order valence-electron chi connectivity index (χ4n) is 1.82. The number of nitrogens with zero attached hydrogens (tertiary/aromatic N) is 2. The van der Waals surface area contributed by atoms with Crippen LogP contribution in [0.1, 0.15) is 34.1 Å². The fourth-order valence-corrected chi connectivity index (χ4v) is 2.24. The first-order chi connectivity index (χ1) is 7.95. The molecule has 0 amide bonds. The van der Waals surface area contributed by atoms with Gasteiger partial charge in [-0.3, -0.25) is 4.79 Å². The summed E-state index contributed by atoms with van der Waals surface area (Å²) in [7, 11) is 0. The van der Waals surface area contributed by atoms with E-state index in [1.54, 1.807) is 6.20 Å². The van der Waals surface area contributed by atoms with E-state index in [9.17, 15) is 4.79 Å². The van der Waals surface area contributed by atoms with Gasteiger partial charge in [0, 0.05) is 12.6 Å². The van der Waals surface area contributed by atoms with Gasteiger partial charge in [-0.2, -0.15) is 5.10 Å². The Morgan fingerprint density at radius 2 is 2.12 bits per heavy atom. The molecule has 0 aliphatic heterocycles. The predicted molar refractivity (Wildman–Crippen MR) is 74.4 cm³/mol. The Kier molecular flexibility index (Phi) is 5.18. The van der Waals surface area contributed by atoms with Crippen LogP contribution in [-0.2, 0) is 6.54 Å². The van der Waals surface area contributed by atoms with Crippen LogP contribution in [0.3, 0.4) is 0 Å². The number of aryl methyl sites for hydroxylation is 1. The Labute approximate surface area is 111 Å². The Hall–Kier alpha value is -0.840. The minimum Gasteiger partial charge on any atom is -0.380 e. The van der Waals surface area contributed by atoms with Crippen LogP contribution in [0.15, 0.2) is 15.5 Å². The van der Waals surface area contributed by atoms with Crippen molar-refractivity contribution in [3.05, 3.63) is 21.0 Å². The van der Waals surface area contributed by atoms with Gasteiger partial charge in [-0.15, -0.1) is 0 Å². The summed E-state index contributed by atoms with van der Waals surface area (Å²) in [5.74, 6) is 0.625. The first-order valence-corrected chi connectivity index (χ1v) is 6.77. The smallest absolute Gasteiger partial charge is 0.283 e. The molecule has 0 fully saturated rings. The molecule has 0 bridgehead atoms. The minimum atomic E-state index is -0.0887. The molecule has 0 saturated carbocycles. The second kappa shape index (κ2) is 6.19. The molecule has 0 aliphatic carbocycles. The number of hydrogen-bond acceptors (Lipinski definition) is 3. The van der Waals surface area contributed by atoms with E-state index < -0.39 is 0 Å². The summed E-state index contributed by atoms with van der Waals surface area (Å²) in [6, 6.07) is 0.324. The van der Waals surface area contributed by atoms with E-state index in [0.29, 0.717) is 23.0 Å². The summed E-state index contributed by atoms with van der Waals surface area (Å²) in [6.45, 7) is 8.95. The number of aromatic nitrogens is 2. The van der Waals surface area contributed by atoms with Crippen LogP contribution in [0, 0.1) is 5.92 Å². The molecule has 1 unspecified atom stereocenters. The van der Waals surface area contributed by atoms with E-state index in [2.05, 4.69) is 47.1 Å². The molecule has 4 nitrogen and oxygen atoms in total. The van der Waals surface area contributed by atoms with Gasteiger partial charge < -0.3 is 5.32 Å². The molecule has 96 valence electrons. The van der Waals surface area contributed by atoms with Gasteiger partial charge in [-0.25, -0.2) is 4.68 Å². The van der Waals surface area contributed by atoms with Crippen molar-refractivity contribution in [2.45, 2.75) is 46.7 Å².